The number of nitrogens with one attached hydrogen (secondary N) is 2. The summed E-state index contributed by atoms with van der Waals surface area (Å²) in [6.07, 6.45) is 4.87. The number of aliphatic carboxylic acids is 1. The molecule has 0 spiro atoms. The summed E-state index contributed by atoms with van der Waals surface area (Å²) in [6.45, 7) is 1.77. The highest BCUT2D eigenvalue weighted by molar-refractivity contribution is 6.05. The van der Waals surface area contributed by atoms with Crippen molar-refractivity contribution in [2.24, 2.45) is 5.92 Å². The van der Waals surface area contributed by atoms with E-state index in [1.807, 2.05) is 0 Å². The van der Waals surface area contributed by atoms with Gasteiger partial charge in [-0.05, 0) is 55.5 Å². The van der Waals surface area contributed by atoms with Crippen LogP contribution in [0.2, 0.25) is 0 Å². The van der Waals surface area contributed by atoms with Crippen molar-refractivity contribution in [1.82, 2.24) is 5.32 Å². The third-order valence-electron chi connectivity index (χ3n) is 5.80. The van der Waals surface area contributed by atoms with E-state index in [4.69, 9.17) is 0 Å². The van der Waals surface area contributed by atoms with E-state index in [0.717, 1.165) is 37.7 Å². The van der Waals surface area contributed by atoms with Crippen LogP contribution in [0.1, 0.15) is 64.8 Å². The maximum atomic E-state index is 13.9. The number of carbonyl (C=O) groups is 3. The van der Waals surface area contributed by atoms with E-state index >= 15 is 0 Å². The second-order valence-corrected chi connectivity index (χ2v) is 8.04. The van der Waals surface area contributed by atoms with Crippen molar-refractivity contribution in [2.75, 3.05) is 5.32 Å². The van der Waals surface area contributed by atoms with Gasteiger partial charge in [-0.3, -0.25) is 14.4 Å². The minimum absolute atomic E-state index is 0.0874. The number of carboxylic acids is 1. The van der Waals surface area contributed by atoms with Gasteiger partial charge in [-0.1, -0.05) is 37.5 Å². The summed E-state index contributed by atoms with van der Waals surface area (Å²) >= 11 is 0. The van der Waals surface area contributed by atoms with Crippen molar-refractivity contribution in [2.45, 2.75) is 51.5 Å². The van der Waals surface area contributed by atoms with Gasteiger partial charge in [0.05, 0.1) is 12.0 Å². The molecule has 0 radical (unpaired) electrons. The fourth-order valence-electron chi connectivity index (χ4n) is 4.04. The van der Waals surface area contributed by atoms with Crippen LogP contribution in [0.25, 0.3) is 0 Å². The molecule has 0 bridgehead atoms. The maximum Gasteiger partial charge on any atom is 0.305 e. The molecule has 3 rings (SSSR count). The van der Waals surface area contributed by atoms with Crippen molar-refractivity contribution in [3.8, 4) is 0 Å². The molecular formula is C24H27FN2O4. The zero-order chi connectivity index (χ0) is 22.4. The Bertz CT molecular complexity index is 970. The van der Waals surface area contributed by atoms with Gasteiger partial charge < -0.3 is 15.7 Å². The predicted molar refractivity (Wildman–Crippen MR) is 116 cm³/mol. The summed E-state index contributed by atoms with van der Waals surface area (Å²) in [5.74, 6) is -2.43. The number of carboxylic acid groups (broad SMARTS) is 1. The van der Waals surface area contributed by atoms with E-state index in [1.54, 1.807) is 25.1 Å². The lowest BCUT2D eigenvalue weighted by Crippen LogP contribution is -2.42. The molecule has 2 amide bonds. The number of halogens is 1. The van der Waals surface area contributed by atoms with Gasteiger partial charge in [-0.2, -0.15) is 0 Å². The van der Waals surface area contributed by atoms with Gasteiger partial charge in [-0.25, -0.2) is 4.39 Å². The second kappa shape index (κ2) is 10.2. The molecule has 2 aromatic rings. The monoisotopic (exact) mass is 426 g/mol. The summed E-state index contributed by atoms with van der Waals surface area (Å²) in [5.41, 5.74) is 1.33. The first kappa shape index (κ1) is 22.5. The molecule has 0 aliphatic heterocycles. The van der Waals surface area contributed by atoms with Crippen LogP contribution in [0, 0.1) is 18.7 Å². The van der Waals surface area contributed by atoms with E-state index in [9.17, 15) is 23.9 Å². The average Bonchev–Trinajstić information content (AvgIpc) is 2.75. The number of benzene rings is 2. The van der Waals surface area contributed by atoms with Gasteiger partial charge >= 0.3 is 5.97 Å². The zero-order valence-electron chi connectivity index (χ0n) is 17.5. The van der Waals surface area contributed by atoms with Crippen LogP contribution in [-0.4, -0.2) is 28.9 Å². The van der Waals surface area contributed by atoms with Gasteiger partial charge in [0.1, 0.15) is 5.82 Å². The Balaban J connectivity index is 1.76. The first-order valence-electron chi connectivity index (χ1n) is 10.5. The Morgan fingerprint density at radius 1 is 1.06 bits per heavy atom. The van der Waals surface area contributed by atoms with E-state index in [1.165, 1.54) is 24.3 Å². The molecule has 0 unspecified atom stereocenters. The van der Waals surface area contributed by atoms with Crippen molar-refractivity contribution in [1.29, 1.82) is 0 Å². The molecule has 0 saturated heterocycles. The third kappa shape index (κ3) is 5.90. The van der Waals surface area contributed by atoms with E-state index < -0.39 is 29.6 Å². The summed E-state index contributed by atoms with van der Waals surface area (Å²) in [6, 6.07) is 10.1. The number of rotatable bonds is 7. The lowest BCUT2D eigenvalue weighted by Gasteiger charge is -2.30. The van der Waals surface area contributed by atoms with Gasteiger partial charge in [-0.15, -0.1) is 0 Å². The fraction of sp³-hybridized carbons (Fsp3) is 0.375. The summed E-state index contributed by atoms with van der Waals surface area (Å²) in [7, 11) is 0. The molecule has 0 heterocycles. The molecule has 1 atom stereocenters. The molecule has 3 N–H and O–H groups in total. The molecule has 7 heteroatoms. The lowest BCUT2D eigenvalue weighted by molar-refractivity contribution is -0.137. The standard InChI is InChI=1S/C24H27FN2O4/c1-15-11-12-17(13-20(15)26-24(31)18-9-5-6-10-19(18)25)23(30)27-21(14-22(28)29)16-7-3-2-4-8-16/h5-6,9-13,16,21H,2-4,7-8,14H2,1H3,(H,26,31)(H,27,30)(H,28,29)/t21-/m1/s1. The van der Waals surface area contributed by atoms with Crippen LogP contribution in [-0.2, 0) is 4.79 Å². The molecule has 1 aliphatic carbocycles. The zero-order valence-corrected chi connectivity index (χ0v) is 17.5. The van der Waals surface area contributed by atoms with Gasteiger partial charge in [0.2, 0.25) is 0 Å². The Hall–Kier alpha value is -3.22. The van der Waals surface area contributed by atoms with Crippen LogP contribution < -0.4 is 10.6 Å². The Labute approximate surface area is 180 Å². The largest absolute Gasteiger partial charge is 0.481 e. The normalized spacial score (nSPS) is 15.2. The van der Waals surface area contributed by atoms with E-state index in [0.29, 0.717) is 11.3 Å². The molecular weight excluding hydrogens is 399 g/mol. The number of hydrogen-bond donors (Lipinski definition) is 3. The van der Waals surface area contributed by atoms with Crippen LogP contribution in [0.3, 0.4) is 0 Å². The number of carbonyl (C=O) groups excluding carboxylic acids is 2. The van der Waals surface area contributed by atoms with Crippen molar-refractivity contribution < 1.29 is 23.9 Å². The SMILES string of the molecule is Cc1ccc(C(=O)N[C@H](CC(=O)O)C2CCCCC2)cc1NC(=O)c1ccccc1F. The first-order valence-corrected chi connectivity index (χ1v) is 10.5. The van der Waals surface area contributed by atoms with Gasteiger partial charge in [0, 0.05) is 17.3 Å². The molecule has 6 nitrogen and oxygen atoms in total. The second-order valence-electron chi connectivity index (χ2n) is 8.04. The molecule has 31 heavy (non-hydrogen) atoms. The van der Waals surface area contributed by atoms with Crippen molar-refractivity contribution in [3.63, 3.8) is 0 Å². The van der Waals surface area contributed by atoms with Crippen LogP contribution >= 0.6 is 0 Å². The van der Waals surface area contributed by atoms with Crippen LogP contribution in [0.5, 0.6) is 0 Å². The minimum atomic E-state index is -0.947. The van der Waals surface area contributed by atoms with Crippen LogP contribution in [0.15, 0.2) is 42.5 Å². The number of aryl methyl sites for hydroxylation is 1. The number of hydrogen-bond acceptors (Lipinski definition) is 3. The Morgan fingerprint density at radius 2 is 1.77 bits per heavy atom. The van der Waals surface area contributed by atoms with Crippen molar-refractivity contribution in [3.05, 3.63) is 65.0 Å². The first-order chi connectivity index (χ1) is 14.8. The maximum absolute atomic E-state index is 13.9. The highest BCUT2D eigenvalue weighted by Gasteiger charge is 2.27. The van der Waals surface area contributed by atoms with Gasteiger partial charge in [0.25, 0.3) is 11.8 Å². The smallest absolute Gasteiger partial charge is 0.305 e. The highest BCUT2D eigenvalue weighted by Crippen LogP contribution is 2.28. The van der Waals surface area contributed by atoms with E-state index in [2.05, 4.69) is 10.6 Å². The molecule has 0 aromatic heterocycles. The minimum Gasteiger partial charge on any atom is -0.481 e. The molecule has 2 aromatic carbocycles. The Kier molecular flexibility index (Phi) is 7.39. The van der Waals surface area contributed by atoms with Gasteiger partial charge in [0.15, 0.2) is 0 Å². The van der Waals surface area contributed by atoms with E-state index in [-0.39, 0.29) is 17.9 Å². The fourth-order valence-corrected chi connectivity index (χ4v) is 4.04. The molecule has 1 saturated carbocycles. The molecule has 1 aliphatic rings. The predicted octanol–water partition coefficient (Wildman–Crippen LogP) is 4.54. The topological polar surface area (TPSA) is 95.5 Å². The highest BCUT2D eigenvalue weighted by atomic mass is 19.1. The quantitative estimate of drug-likeness (QED) is 0.606. The Morgan fingerprint density at radius 3 is 2.45 bits per heavy atom. The summed E-state index contributed by atoms with van der Waals surface area (Å²) < 4.78 is 13.9. The van der Waals surface area contributed by atoms with Crippen LogP contribution in [0.4, 0.5) is 10.1 Å². The molecule has 164 valence electrons. The molecule has 1 fully saturated rings. The third-order valence-corrected chi connectivity index (χ3v) is 5.80. The van der Waals surface area contributed by atoms with Crippen molar-refractivity contribution >= 4 is 23.5 Å². The number of amides is 2. The summed E-state index contributed by atoms with van der Waals surface area (Å²) in [4.78, 5) is 36.7. The average molecular weight is 426 g/mol. The summed E-state index contributed by atoms with van der Waals surface area (Å²) in [5, 5.41) is 14.8. The number of anilines is 1. The lowest BCUT2D eigenvalue weighted by atomic mass is 9.82.